The zero-order valence-electron chi connectivity index (χ0n) is 15.2. The topological polar surface area (TPSA) is 127 Å². The molecule has 3 rings (SSSR count). The third-order valence-corrected chi connectivity index (χ3v) is 6.94. The van der Waals surface area contributed by atoms with Gasteiger partial charge < -0.3 is 5.11 Å². The Kier molecular flexibility index (Phi) is 5.97. The number of benzene rings is 2. The molecule has 1 N–H and O–H groups in total. The molecule has 0 fully saturated rings. The standard InChI is InChI=1S/C18H13BrClN3O6S/c1-2-30(28,29)16-4-3-11(20)6-15(16)23(18(26)27)22-9-21-14-7-13(19)10(8-24)5-12(14)17(22)25/h3-9H,2H2,1H3,(H,26,27). The van der Waals surface area contributed by atoms with Crippen molar-refractivity contribution in [2.75, 3.05) is 10.8 Å². The van der Waals surface area contributed by atoms with Crippen molar-refractivity contribution in [3.8, 4) is 0 Å². The number of rotatable bonds is 5. The van der Waals surface area contributed by atoms with Gasteiger partial charge in [-0.3, -0.25) is 9.59 Å². The number of hydrogen-bond donors (Lipinski definition) is 1. The molecule has 1 amide bonds. The third-order valence-electron chi connectivity index (χ3n) is 4.25. The van der Waals surface area contributed by atoms with E-state index in [-0.39, 0.29) is 37.8 Å². The number of nitrogens with zero attached hydrogens (tertiary/aromatic N) is 3. The van der Waals surface area contributed by atoms with E-state index in [1.165, 1.54) is 31.2 Å². The second-order valence-electron chi connectivity index (χ2n) is 6.01. The van der Waals surface area contributed by atoms with Gasteiger partial charge in [0.15, 0.2) is 16.1 Å². The van der Waals surface area contributed by atoms with Gasteiger partial charge in [0.1, 0.15) is 6.33 Å². The number of aromatic nitrogens is 2. The van der Waals surface area contributed by atoms with Crippen molar-refractivity contribution in [2.24, 2.45) is 0 Å². The number of amides is 1. The van der Waals surface area contributed by atoms with Crippen molar-refractivity contribution in [2.45, 2.75) is 11.8 Å². The fourth-order valence-electron chi connectivity index (χ4n) is 2.77. The second kappa shape index (κ2) is 8.17. The van der Waals surface area contributed by atoms with Crippen molar-refractivity contribution in [3.63, 3.8) is 0 Å². The highest BCUT2D eigenvalue weighted by atomic mass is 79.9. The van der Waals surface area contributed by atoms with E-state index in [0.717, 1.165) is 12.4 Å². The average molecular weight is 515 g/mol. The predicted molar refractivity (Wildman–Crippen MR) is 114 cm³/mol. The number of halogens is 2. The largest absolute Gasteiger partial charge is 0.463 e. The molecule has 0 atom stereocenters. The minimum absolute atomic E-state index is 0.0315. The van der Waals surface area contributed by atoms with Crippen LogP contribution in [0.4, 0.5) is 10.5 Å². The predicted octanol–water partition coefficient (Wildman–Crippen LogP) is 3.37. The molecule has 0 aliphatic carbocycles. The Labute approximate surface area is 183 Å². The van der Waals surface area contributed by atoms with E-state index in [1.807, 2.05) is 0 Å². The number of anilines is 1. The minimum atomic E-state index is -3.86. The Morgan fingerprint density at radius 1 is 1.33 bits per heavy atom. The molecule has 0 radical (unpaired) electrons. The lowest BCUT2D eigenvalue weighted by molar-refractivity contribution is 0.112. The van der Waals surface area contributed by atoms with Gasteiger partial charge in [-0.2, -0.15) is 9.69 Å². The summed E-state index contributed by atoms with van der Waals surface area (Å²) in [6.45, 7) is 1.40. The summed E-state index contributed by atoms with van der Waals surface area (Å²) >= 11 is 9.17. The van der Waals surface area contributed by atoms with Crippen molar-refractivity contribution in [1.82, 2.24) is 9.66 Å². The molecule has 0 saturated carbocycles. The number of carbonyl (C=O) groups is 2. The quantitative estimate of drug-likeness (QED) is 0.517. The zero-order valence-corrected chi connectivity index (χ0v) is 18.4. The Bertz CT molecular complexity index is 1360. The molecule has 0 spiro atoms. The van der Waals surface area contributed by atoms with Gasteiger partial charge in [-0.15, -0.1) is 0 Å². The number of fused-ring (bicyclic) bond motifs is 1. The fraction of sp³-hybridized carbons (Fsp3) is 0.111. The second-order valence-corrected chi connectivity index (χ2v) is 9.55. The van der Waals surface area contributed by atoms with Crippen LogP contribution in [0.5, 0.6) is 0 Å². The maximum absolute atomic E-state index is 13.0. The maximum atomic E-state index is 13.0. The lowest BCUT2D eigenvalue weighted by Crippen LogP contribution is -2.43. The highest BCUT2D eigenvalue weighted by molar-refractivity contribution is 9.10. The molecule has 156 valence electrons. The number of carboxylic acid groups (broad SMARTS) is 1. The molecular formula is C18H13BrClN3O6S. The van der Waals surface area contributed by atoms with Crippen LogP contribution in [-0.2, 0) is 9.84 Å². The molecule has 1 heterocycles. The van der Waals surface area contributed by atoms with Crippen molar-refractivity contribution < 1.29 is 23.1 Å². The van der Waals surface area contributed by atoms with E-state index in [9.17, 15) is 27.9 Å². The van der Waals surface area contributed by atoms with E-state index in [2.05, 4.69) is 20.9 Å². The Morgan fingerprint density at radius 3 is 2.63 bits per heavy atom. The van der Waals surface area contributed by atoms with Gasteiger partial charge in [0, 0.05) is 15.1 Å². The first-order chi connectivity index (χ1) is 14.1. The van der Waals surface area contributed by atoms with E-state index in [1.54, 1.807) is 0 Å². The number of hydrogen-bond acceptors (Lipinski definition) is 6. The van der Waals surface area contributed by atoms with E-state index >= 15 is 0 Å². The maximum Gasteiger partial charge on any atom is 0.431 e. The average Bonchev–Trinajstić information content (AvgIpc) is 2.69. The monoisotopic (exact) mass is 513 g/mol. The molecule has 0 saturated heterocycles. The van der Waals surface area contributed by atoms with Gasteiger partial charge in [0.25, 0.3) is 5.56 Å². The Morgan fingerprint density at radius 2 is 2.03 bits per heavy atom. The SMILES string of the molecule is CCS(=O)(=O)c1ccc(Cl)cc1N(C(=O)O)n1cnc2cc(Br)c(C=O)cc2c1=O. The summed E-state index contributed by atoms with van der Waals surface area (Å²) in [6.07, 6.45) is -0.159. The third kappa shape index (κ3) is 3.83. The zero-order chi connectivity index (χ0) is 22.2. The molecule has 9 nitrogen and oxygen atoms in total. The highest BCUT2D eigenvalue weighted by Crippen LogP contribution is 2.30. The van der Waals surface area contributed by atoms with Crippen LogP contribution in [0.1, 0.15) is 17.3 Å². The van der Waals surface area contributed by atoms with Crippen LogP contribution in [0, 0.1) is 0 Å². The van der Waals surface area contributed by atoms with E-state index in [4.69, 9.17) is 11.6 Å². The molecule has 0 unspecified atom stereocenters. The number of aldehydes is 1. The number of carbonyl (C=O) groups excluding carboxylic acids is 1. The summed E-state index contributed by atoms with van der Waals surface area (Å²) in [6, 6.07) is 6.33. The summed E-state index contributed by atoms with van der Waals surface area (Å²) in [4.78, 5) is 40.1. The first-order valence-corrected chi connectivity index (χ1v) is 11.1. The molecule has 2 aromatic carbocycles. The van der Waals surface area contributed by atoms with E-state index in [0.29, 0.717) is 20.4 Å². The van der Waals surface area contributed by atoms with Crippen molar-refractivity contribution in [3.05, 3.63) is 62.1 Å². The van der Waals surface area contributed by atoms with Crippen LogP contribution in [-0.4, -0.2) is 41.3 Å². The lowest BCUT2D eigenvalue weighted by atomic mass is 10.1. The van der Waals surface area contributed by atoms with Gasteiger partial charge in [-0.05, 0) is 46.3 Å². The normalized spacial score (nSPS) is 11.4. The van der Waals surface area contributed by atoms with Gasteiger partial charge >= 0.3 is 6.09 Å². The summed E-state index contributed by atoms with van der Waals surface area (Å²) < 4.78 is 26.1. The molecule has 3 aromatic rings. The van der Waals surface area contributed by atoms with Crippen LogP contribution < -0.4 is 10.6 Å². The van der Waals surface area contributed by atoms with Crippen LogP contribution >= 0.6 is 27.5 Å². The first-order valence-electron chi connectivity index (χ1n) is 8.32. The van der Waals surface area contributed by atoms with Crippen molar-refractivity contribution in [1.29, 1.82) is 0 Å². The molecule has 0 aliphatic rings. The number of sulfone groups is 1. The van der Waals surface area contributed by atoms with E-state index < -0.39 is 21.5 Å². The smallest absolute Gasteiger partial charge is 0.431 e. The molecule has 1 aromatic heterocycles. The summed E-state index contributed by atoms with van der Waals surface area (Å²) in [5.74, 6) is -0.295. The molecule has 12 heteroatoms. The van der Waals surface area contributed by atoms with Gasteiger partial charge in [0.05, 0.1) is 27.2 Å². The Hall–Kier alpha value is -2.76. The van der Waals surface area contributed by atoms with Crippen LogP contribution in [0.15, 0.2) is 50.8 Å². The molecule has 30 heavy (non-hydrogen) atoms. The summed E-state index contributed by atoms with van der Waals surface area (Å²) in [5, 5.41) is 10.3. The van der Waals surface area contributed by atoms with Crippen LogP contribution in [0.2, 0.25) is 5.02 Å². The Balaban J connectivity index is 2.36. The first kappa shape index (κ1) is 21.9. The van der Waals surface area contributed by atoms with Gasteiger partial charge in [0.2, 0.25) is 0 Å². The van der Waals surface area contributed by atoms with Crippen molar-refractivity contribution >= 4 is 66.3 Å². The highest BCUT2D eigenvalue weighted by Gasteiger charge is 2.27. The fourth-order valence-corrected chi connectivity index (χ4v) is 4.41. The van der Waals surface area contributed by atoms with Crippen LogP contribution in [0.25, 0.3) is 10.9 Å². The van der Waals surface area contributed by atoms with Gasteiger partial charge in [-0.1, -0.05) is 18.5 Å². The molecule has 0 bridgehead atoms. The summed E-state index contributed by atoms with van der Waals surface area (Å²) in [7, 11) is -3.86. The molecular weight excluding hydrogens is 502 g/mol. The van der Waals surface area contributed by atoms with Gasteiger partial charge in [-0.25, -0.2) is 18.2 Å². The minimum Gasteiger partial charge on any atom is -0.463 e. The van der Waals surface area contributed by atoms with Crippen LogP contribution in [0.3, 0.4) is 0 Å². The molecule has 0 aliphatic heterocycles. The summed E-state index contributed by atoms with van der Waals surface area (Å²) in [5.41, 5.74) is -0.768. The lowest BCUT2D eigenvalue weighted by Gasteiger charge is -2.23.